The van der Waals surface area contributed by atoms with Gasteiger partial charge in [-0.15, -0.1) is 0 Å². The van der Waals surface area contributed by atoms with Gasteiger partial charge in [0.15, 0.2) is 0 Å². The van der Waals surface area contributed by atoms with E-state index in [0.29, 0.717) is 0 Å². The van der Waals surface area contributed by atoms with Gasteiger partial charge in [0.1, 0.15) is 0 Å². The standard InChI is InChI=1S/C10H11BrN2/c11-6-2-5-8-3-1-4-9-7-12-13-10(8)9/h1,3-4,7H,2,5-6H2,(H,12,13). The number of aromatic nitrogens is 2. The molecule has 68 valence electrons. The summed E-state index contributed by atoms with van der Waals surface area (Å²) in [7, 11) is 0. The van der Waals surface area contributed by atoms with Crippen molar-refractivity contribution in [2.45, 2.75) is 12.8 Å². The number of alkyl halides is 1. The third-order valence-electron chi connectivity index (χ3n) is 2.14. The Balaban J connectivity index is 2.37. The van der Waals surface area contributed by atoms with Crippen LogP contribution in [0.3, 0.4) is 0 Å². The molecule has 0 spiro atoms. The van der Waals surface area contributed by atoms with Crippen LogP contribution in [0.25, 0.3) is 10.9 Å². The van der Waals surface area contributed by atoms with Gasteiger partial charge < -0.3 is 0 Å². The number of benzene rings is 1. The predicted octanol–water partition coefficient (Wildman–Crippen LogP) is 2.89. The summed E-state index contributed by atoms with van der Waals surface area (Å²) in [5.74, 6) is 0. The Labute approximate surface area is 85.5 Å². The van der Waals surface area contributed by atoms with E-state index in [-0.39, 0.29) is 0 Å². The van der Waals surface area contributed by atoms with E-state index in [1.807, 2.05) is 6.20 Å². The molecule has 1 N–H and O–H groups in total. The summed E-state index contributed by atoms with van der Waals surface area (Å²) in [5, 5.41) is 9.32. The molecule has 13 heavy (non-hydrogen) atoms. The van der Waals surface area contributed by atoms with E-state index in [1.54, 1.807) is 0 Å². The van der Waals surface area contributed by atoms with Gasteiger partial charge in [0.2, 0.25) is 0 Å². The van der Waals surface area contributed by atoms with Gasteiger partial charge >= 0.3 is 0 Å². The van der Waals surface area contributed by atoms with Crippen LogP contribution in [0.15, 0.2) is 24.4 Å². The highest BCUT2D eigenvalue weighted by molar-refractivity contribution is 9.09. The lowest BCUT2D eigenvalue weighted by Crippen LogP contribution is -1.87. The zero-order valence-corrected chi connectivity index (χ0v) is 8.84. The second kappa shape index (κ2) is 3.92. The first kappa shape index (κ1) is 8.75. The van der Waals surface area contributed by atoms with E-state index in [9.17, 15) is 0 Å². The highest BCUT2D eigenvalue weighted by atomic mass is 79.9. The van der Waals surface area contributed by atoms with Crippen LogP contribution in [0.1, 0.15) is 12.0 Å². The summed E-state index contributed by atoms with van der Waals surface area (Å²) >= 11 is 3.44. The number of fused-ring (bicyclic) bond motifs is 1. The Bertz CT molecular complexity index is 394. The SMILES string of the molecule is BrCCCc1cccc2cn[nH]c12. The molecular weight excluding hydrogens is 228 g/mol. The van der Waals surface area contributed by atoms with Gasteiger partial charge in [0.25, 0.3) is 0 Å². The molecule has 0 aliphatic carbocycles. The zero-order valence-electron chi connectivity index (χ0n) is 7.26. The van der Waals surface area contributed by atoms with Crippen molar-refractivity contribution in [2.75, 3.05) is 5.33 Å². The molecule has 0 saturated carbocycles. The molecule has 1 aromatic carbocycles. The van der Waals surface area contributed by atoms with Crippen LogP contribution in [0, 0.1) is 0 Å². The van der Waals surface area contributed by atoms with E-state index in [1.165, 1.54) is 16.5 Å². The fourth-order valence-corrected chi connectivity index (χ4v) is 1.78. The number of hydrogen-bond acceptors (Lipinski definition) is 1. The van der Waals surface area contributed by atoms with Crippen molar-refractivity contribution < 1.29 is 0 Å². The molecular formula is C10H11BrN2. The molecule has 2 rings (SSSR count). The molecule has 2 nitrogen and oxygen atoms in total. The first-order valence-corrected chi connectivity index (χ1v) is 5.51. The highest BCUT2D eigenvalue weighted by Gasteiger charge is 2.00. The first-order valence-electron chi connectivity index (χ1n) is 4.39. The van der Waals surface area contributed by atoms with Gasteiger partial charge in [-0.1, -0.05) is 34.1 Å². The lowest BCUT2D eigenvalue weighted by Gasteiger charge is -1.99. The zero-order chi connectivity index (χ0) is 9.10. The topological polar surface area (TPSA) is 28.7 Å². The molecule has 1 heterocycles. The molecule has 0 radical (unpaired) electrons. The smallest absolute Gasteiger partial charge is 0.0682 e. The Kier molecular flexibility index (Phi) is 2.64. The predicted molar refractivity (Wildman–Crippen MR) is 58.2 cm³/mol. The number of halogens is 1. The molecule has 0 bridgehead atoms. The summed E-state index contributed by atoms with van der Waals surface area (Å²) in [5.41, 5.74) is 2.54. The van der Waals surface area contributed by atoms with Crippen LogP contribution in [0.5, 0.6) is 0 Å². The van der Waals surface area contributed by atoms with Crippen molar-refractivity contribution in [1.82, 2.24) is 10.2 Å². The highest BCUT2D eigenvalue weighted by Crippen LogP contribution is 2.17. The van der Waals surface area contributed by atoms with E-state index in [0.717, 1.165) is 18.2 Å². The largest absolute Gasteiger partial charge is 0.278 e. The van der Waals surface area contributed by atoms with Crippen LogP contribution < -0.4 is 0 Å². The minimum Gasteiger partial charge on any atom is -0.278 e. The molecule has 3 heteroatoms. The van der Waals surface area contributed by atoms with Gasteiger partial charge in [-0.05, 0) is 18.4 Å². The molecule has 0 atom stereocenters. The minimum absolute atomic E-state index is 1.05. The molecule has 0 aliphatic heterocycles. The molecule has 1 aromatic heterocycles. The van der Waals surface area contributed by atoms with Crippen molar-refractivity contribution in [2.24, 2.45) is 0 Å². The Morgan fingerprint density at radius 2 is 2.31 bits per heavy atom. The maximum Gasteiger partial charge on any atom is 0.0682 e. The van der Waals surface area contributed by atoms with Crippen molar-refractivity contribution in [3.05, 3.63) is 30.0 Å². The lowest BCUT2D eigenvalue weighted by molar-refractivity contribution is 0.941. The van der Waals surface area contributed by atoms with E-state index in [2.05, 4.69) is 44.3 Å². The number of rotatable bonds is 3. The third kappa shape index (κ3) is 1.75. The van der Waals surface area contributed by atoms with Crippen LogP contribution in [-0.4, -0.2) is 15.5 Å². The van der Waals surface area contributed by atoms with E-state index < -0.39 is 0 Å². The van der Waals surface area contributed by atoms with Gasteiger partial charge in [0.05, 0.1) is 11.7 Å². The van der Waals surface area contributed by atoms with E-state index >= 15 is 0 Å². The average molecular weight is 239 g/mol. The molecule has 0 saturated heterocycles. The maximum absolute atomic E-state index is 4.03. The van der Waals surface area contributed by atoms with Crippen molar-refractivity contribution >= 4 is 26.8 Å². The van der Waals surface area contributed by atoms with Crippen molar-refractivity contribution in [1.29, 1.82) is 0 Å². The van der Waals surface area contributed by atoms with Crippen LogP contribution in [-0.2, 0) is 6.42 Å². The van der Waals surface area contributed by atoms with Crippen molar-refractivity contribution in [3.8, 4) is 0 Å². The van der Waals surface area contributed by atoms with Gasteiger partial charge in [-0.25, -0.2) is 0 Å². The number of H-pyrrole nitrogens is 1. The number of aryl methyl sites for hydroxylation is 1. The Morgan fingerprint density at radius 1 is 1.38 bits per heavy atom. The summed E-state index contributed by atoms with van der Waals surface area (Å²) in [6.45, 7) is 0. The molecule has 0 amide bonds. The summed E-state index contributed by atoms with van der Waals surface area (Å²) in [4.78, 5) is 0. The number of nitrogens with one attached hydrogen (secondary N) is 1. The normalized spacial score (nSPS) is 10.8. The van der Waals surface area contributed by atoms with Gasteiger partial charge in [-0.2, -0.15) is 5.10 Å². The number of hydrogen-bond donors (Lipinski definition) is 1. The molecule has 0 unspecified atom stereocenters. The molecule has 0 fully saturated rings. The third-order valence-corrected chi connectivity index (χ3v) is 2.70. The van der Waals surface area contributed by atoms with Gasteiger partial charge in [0, 0.05) is 10.7 Å². The van der Waals surface area contributed by atoms with Crippen LogP contribution >= 0.6 is 15.9 Å². The average Bonchev–Trinajstić information content (AvgIpc) is 2.62. The molecule has 0 aliphatic rings. The van der Waals surface area contributed by atoms with Gasteiger partial charge in [-0.3, -0.25) is 5.10 Å². The van der Waals surface area contributed by atoms with Crippen molar-refractivity contribution in [3.63, 3.8) is 0 Å². The lowest BCUT2D eigenvalue weighted by atomic mass is 10.1. The fourth-order valence-electron chi connectivity index (χ4n) is 1.50. The minimum atomic E-state index is 1.05. The van der Waals surface area contributed by atoms with E-state index in [4.69, 9.17) is 0 Å². The summed E-state index contributed by atoms with van der Waals surface area (Å²) in [6, 6.07) is 6.32. The quantitative estimate of drug-likeness (QED) is 0.819. The maximum atomic E-state index is 4.03. The fraction of sp³-hybridized carbons (Fsp3) is 0.300. The molecule has 2 aromatic rings. The van der Waals surface area contributed by atoms with Crippen LogP contribution in [0.2, 0.25) is 0 Å². The number of para-hydroxylation sites is 1. The monoisotopic (exact) mass is 238 g/mol. The summed E-state index contributed by atoms with van der Waals surface area (Å²) in [6.07, 6.45) is 4.13. The Hall–Kier alpha value is -0.830. The Morgan fingerprint density at radius 3 is 3.15 bits per heavy atom. The summed E-state index contributed by atoms with van der Waals surface area (Å²) < 4.78 is 0. The van der Waals surface area contributed by atoms with Crippen LogP contribution in [0.4, 0.5) is 0 Å². The number of nitrogens with zero attached hydrogens (tertiary/aromatic N) is 1. The second-order valence-corrected chi connectivity index (χ2v) is 3.84. The second-order valence-electron chi connectivity index (χ2n) is 3.04. The number of aromatic amines is 1. The first-order chi connectivity index (χ1) is 6.42.